The average Bonchev–Trinajstić information content (AvgIpc) is 2.34. The smallest absolute Gasteiger partial charge is 0.144 e. The highest BCUT2D eigenvalue weighted by Gasteiger charge is 2.06. The topological polar surface area (TPSA) is 56.2 Å². The van der Waals surface area contributed by atoms with E-state index < -0.39 is 6.04 Å². The van der Waals surface area contributed by atoms with E-state index in [4.69, 9.17) is 10.2 Å². The van der Waals surface area contributed by atoms with Crippen molar-refractivity contribution >= 4 is 6.29 Å². The van der Waals surface area contributed by atoms with E-state index in [1.165, 1.54) is 0 Å². The summed E-state index contributed by atoms with van der Waals surface area (Å²) in [5, 5.41) is 0. The second-order valence-electron chi connectivity index (χ2n) is 2.11. The van der Waals surface area contributed by atoms with E-state index in [0.717, 1.165) is 5.76 Å². The molecule has 0 spiro atoms. The van der Waals surface area contributed by atoms with Gasteiger partial charge in [0, 0.05) is 0 Å². The maximum atomic E-state index is 10.1. The molecule has 0 aromatic carbocycles. The quantitative estimate of drug-likeness (QED) is 0.616. The number of aldehydes is 1. The van der Waals surface area contributed by atoms with Crippen LogP contribution in [0.3, 0.4) is 0 Å². The third-order valence-corrected chi connectivity index (χ3v) is 1.24. The summed E-state index contributed by atoms with van der Waals surface area (Å²) >= 11 is 0. The van der Waals surface area contributed by atoms with Gasteiger partial charge in [0.2, 0.25) is 0 Å². The van der Waals surface area contributed by atoms with Crippen LogP contribution in [0.5, 0.6) is 0 Å². The van der Waals surface area contributed by atoms with Gasteiger partial charge in [-0.15, -0.1) is 0 Å². The predicted molar refractivity (Wildman–Crippen MR) is 36.4 cm³/mol. The molecule has 3 heteroatoms. The van der Waals surface area contributed by atoms with Crippen LogP contribution in [0.15, 0.2) is 16.5 Å². The Morgan fingerprint density at radius 2 is 2.40 bits per heavy atom. The molecule has 54 valence electrons. The van der Waals surface area contributed by atoms with Crippen molar-refractivity contribution in [2.24, 2.45) is 5.73 Å². The Balaban J connectivity index is 2.84. The minimum absolute atomic E-state index is 0.521. The summed E-state index contributed by atoms with van der Waals surface area (Å²) in [5.74, 6) is 1.29. The van der Waals surface area contributed by atoms with E-state index in [1.54, 1.807) is 19.1 Å². The number of nitrogens with two attached hydrogens (primary N) is 1. The van der Waals surface area contributed by atoms with Crippen molar-refractivity contribution in [1.82, 2.24) is 0 Å². The summed E-state index contributed by atoms with van der Waals surface area (Å²) in [7, 11) is 0. The molecular formula is C7H9NO2. The second kappa shape index (κ2) is 2.66. The molecule has 0 aliphatic heterocycles. The third kappa shape index (κ3) is 1.25. The summed E-state index contributed by atoms with van der Waals surface area (Å²) in [6.07, 6.45) is 0.651. The lowest BCUT2D eigenvalue weighted by Crippen LogP contribution is -2.09. The van der Waals surface area contributed by atoms with Crippen LogP contribution < -0.4 is 5.73 Å². The van der Waals surface area contributed by atoms with E-state index in [-0.39, 0.29) is 0 Å². The minimum atomic E-state index is -0.617. The fraction of sp³-hybridized carbons (Fsp3) is 0.286. The molecule has 0 bridgehead atoms. The highest BCUT2D eigenvalue weighted by molar-refractivity contribution is 5.59. The van der Waals surface area contributed by atoms with E-state index in [2.05, 4.69) is 0 Å². The first kappa shape index (κ1) is 7.02. The SMILES string of the molecule is Cc1ccc(C(N)C=O)o1. The first-order valence-corrected chi connectivity index (χ1v) is 3.01. The van der Waals surface area contributed by atoms with E-state index in [1.807, 2.05) is 0 Å². The molecule has 3 nitrogen and oxygen atoms in total. The molecule has 0 aliphatic carbocycles. The zero-order chi connectivity index (χ0) is 7.56. The van der Waals surface area contributed by atoms with Gasteiger partial charge in [0.15, 0.2) is 0 Å². The van der Waals surface area contributed by atoms with Crippen LogP contribution in [-0.4, -0.2) is 6.29 Å². The van der Waals surface area contributed by atoms with Gasteiger partial charge in [0.05, 0.1) is 0 Å². The summed E-state index contributed by atoms with van der Waals surface area (Å²) in [5.41, 5.74) is 5.35. The molecule has 0 saturated heterocycles. The van der Waals surface area contributed by atoms with Gasteiger partial charge in [0.25, 0.3) is 0 Å². The highest BCUT2D eigenvalue weighted by atomic mass is 16.3. The van der Waals surface area contributed by atoms with Gasteiger partial charge in [-0.2, -0.15) is 0 Å². The lowest BCUT2D eigenvalue weighted by atomic mass is 10.3. The highest BCUT2D eigenvalue weighted by Crippen LogP contribution is 2.11. The number of hydrogen-bond donors (Lipinski definition) is 1. The van der Waals surface area contributed by atoms with Crippen molar-refractivity contribution in [3.63, 3.8) is 0 Å². The molecule has 0 amide bonds. The maximum absolute atomic E-state index is 10.1. The Morgan fingerprint density at radius 3 is 2.80 bits per heavy atom. The van der Waals surface area contributed by atoms with Crippen molar-refractivity contribution in [3.05, 3.63) is 23.7 Å². The van der Waals surface area contributed by atoms with E-state index >= 15 is 0 Å². The molecule has 1 unspecified atom stereocenters. The van der Waals surface area contributed by atoms with E-state index in [0.29, 0.717) is 12.0 Å². The molecule has 0 fully saturated rings. The number of carbonyl (C=O) groups is 1. The van der Waals surface area contributed by atoms with Crippen LogP contribution in [-0.2, 0) is 4.79 Å². The van der Waals surface area contributed by atoms with Crippen LogP contribution in [0.1, 0.15) is 17.6 Å². The zero-order valence-electron chi connectivity index (χ0n) is 5.70. The Kier molecular flexibility index (Phi) is 1.87. The van der Waals surface area contributed by atoms with Crippen LogP contribution >= 0.6 is 0 Å². The summed E-state index contributed by atoms with van der Waals surface area (Å²) in [6.45, 7) is 1.81. The van der Waals surface area contributed by atoms with Crippen molar-refractivity contribution in [2.45, 2.75) is 13.0 Å². The largest absolute Gasteiger partial charge is 0.464 e. The lowest BCUT2D eigenvalue weighted by Gasteiger charge is -1.95. The van der Waals surface area contributed by atoms with Crippen molar-refractivity contribution in [2.75, 3.05) is 0 Å². The molecule has 1 aromatic rings. The summed E-state index contributed by atoms with van der Waals surface area (Å²) in [6, 6.07) is 2.86. The van der Waals surface area contributed by atoms with Gasteiger partial charge in [-0.3, -0.25) is 0 Å². The minimum Gasteiger partial charge on any atom is -0.464 e. The molecule has 1 aromatic heterocycles. The first-order chi connectivity index (χ1) is 4.74. The Bertz CT molecular complexity index is 229. The van der Waals surface area contributed by atoms with Gasteiger partial charge in [-0.25, -0.2) is 0 Å². The summed E-state index contributed by atoms with van der Waals surface area (Å²) < 4.78 is 5.08. The molecule has 1 heterocycles. The van der Waals surface area contributed by atoms with Crippen LogP contribution in [0.25, 0.3) is 0 Å². The van der Waals surface area contributed by atoms with Crippen LogP contribution in [0.2, 0.25) is 0 Å². The molecule has 1 atom stereocenters. The fourth-order valence-electron chi connectivity index (χ4n) is 0.700. The number of carbonyl (C=O) groups excluding carboxylic acids is 1. The predicted octanol–water partition coefficient (Wildman–Crippen LogP) is 0.787. The molecule has 1 rings (SSSR count). The third-order valence-electron chi connectivity index (χ3n) is 1.24. The van der Waals surface area contributed by atoms with Crippen LogP contribution in [0, 0.1) is 6.92 Å². The standard InChI is InChI=1S/C7H9NO2/c1-5-2-3-7(10-5)6(8)4-9/h2-4,6H,8H2,1H3. The maximum Gasteiger partial charge on any atom is 0.144 e. The molecule has 2 N–H and O–H groups in total. The fourth-order valence-corrected chi connectivity index (χ4v) is 0.700. The van der Waals surface area contributed by atoms with Crippen molar-refractivity contribution in [3.8, 4) is 0 Å². The van der Waals surface area contributed by atoms with Gasteiger partial charge >= 0.3 is 0 Å². The first-order valence-electron chi connectivity index (χ1n) is 3.01. The van der Waals surface area contributed by atoms with Crippen LogP contribution in [0.4, 0.5) is 0 Å². The summed E-state index contributed by atoms with van der Waals surface area (Å²) in [4.78, 5) is 10.1. The lowest BCUT2D eigenvalue weighted by molar-refractivity contribution is -0.109. The van der Waals surface area contributed by atoms with Gasteiger partial charge in [-0.05, 0) is 19.1 Å². The number of rotatable bonds is 2. The van der Waals surface area contributed by atoms with Crippen molar-refractivity contribution in [1.29, 1.82) is 0 Å². The molecular weight excluding hydrogens is 130 g/mol. The number of aryl methyl sites for hydroxylation is 1. The monoisotopic (exact) mass is 139 g/mol. The second-order valence-corrected chi connectivity index (χ2v) is 2.11. The molecule has 0 saturated carbocycles. The molecule has 10 heavy (non-hydrogen) atoms. The van der Waals surface area contributed by atoms with Gasteiger partial charge < -0.3 is 14.9 Å². The average molecular weight is 139 g/mol. The van der Waals surface area contributed by atoms with E-state index in [9.17, 15) is 4.79 Å². The number of hydrogen-bond acceptors (Lipinski definition) is 3. The normalized spacial score (nSPS) is 13.0. The van der Waals surface area contributed by atoms with Crippen molar-refractivity contribution < 1.29 is 9.21 Å². The molecule has 0 aliphatic rings. The Morgan fingerprint density at radius 1 is 1.70 bits per heavy atom. The Hall–Kier alpha value is -1.09. The van der Waals surface area contributed by atoms with Gasteiger partial charge in [0.1, 0.15) is 23.8 Å². The van der Waals surface area contributed by atoms with Gasteiger partial charge in [-0.1, -0.05) is 0 Å². The Labute approximate surface area is 58.8 Å². The zero-order valence-corrected chi connectivity index (χ0v) is 5.70. The number of furan rings is 1. The molecule has 0 radical (unpaired) electrons.